The van der Waals surface area contributed by atoms with Gasteiger partial charge in [0.25, 0.3) is 0 Å². The molecule has 12 heterocycles. The summed E-state index contributed by atoms with van der Waals surface area (Å²) in [7, 11) is 1.29. The number of thioether (sulfide) groups is 2. The maximum Gasteiger partial charge on any atom is 0.350 e. The van der Waals surface area contributed by atoms with Gasteiger partial charge in [-0.2, -0.15) is 4.57 Å². The van der Waals surface area contributed by atoms with Gasteiger partial charge in [-0.25, -0.2) is 28.1 Å². The zero-order chi connectivity index (χ0) is 79.4. The lowest BCUT2D eigenvalue weighted by Gasteiger charge is -2.50. The first kappa shape index (κ1) is 79.2. The van der Waals surface area contributed by atoms with Gasteiger partial charge >= 0.3 is 5.97 Å². The number of nitrogens with two attached hydrogens (primary N) is 4. The first-order valence-electron chi connectivity index (χ1n) is 35.1. The van der Waals surface area contributed by atoms with Crippen LogP contribution in [0.3, 0.4) is 0 Å². The van der Waals surface area contributed by atoms with Gasteiger partial charge in [0, 0.05) is 107 Å². The van der Waals surface area contributed by atoms with E-state index in [9.17, 15) is 48.9 Å². The van der Waals surface area contributed by atoms with Gasteiger partial charge in [0.15, 0.2) is 76.6 Å². The number of carbonyl (C=O) groups excluding carboxylic acids is 6. The monoisotopic (exact) mass is 1630 g/mol. The lowest BCUT2D eigenvalue weighted by Crippen LogP contribution is -2.63. The standard InChI is InChI=1S/C38H39ClFN9O8S2.C35H35FN8O7S2/c1-38(2,36(54)55)57-45-28(29-31(39)59-37(42)44-29)27(50)15-23-33(51)49-30(35(52)53)21(18-58-34(23)49)17-47-12-3-4-25-26(47)9-13-48(25)16-20-6-5-19(14-24(20)40)32(41)46-56-22-7-10-43-11-8-22;1-49-40-29(26-18-53-35(38)39-26)28(45)13-24-32(46)44-30(34(47)48)22(17-52-33(24)44)15-42-8-5-27-21(14-42)4-9-43(27)16-20-3-2-19(12-25(20)36)31(37)41-51-23-6-10-50-11-7-23/h3-6,9,12-14,22-23,34,43H,7-8,10-11,15-18H2,1-2H3,(H5-,41,42,44,46,52,53,54,55);2-5,8-9,12,14,18,23-24,33H,6-7,10-11,13,15-17H2,1H3,(H4-,37,38,39,41,47,48)/b45-28+;40-29-/t23-,34-;24-,33-/m11/s1. The number of fused-ring (bicyclic) bond motifs is 4. The SMILES string of the molecule is CC(C)(O/N=C(\C(=O)C[C@@H]1C(=O)N2C(C(=O)[O-])=C(C[n+]3cccc4c3ccn4Cc3ccc(C(N)=NOC4CCNCC4)cc3F)CS[C@H]12)c1nc(N)sc1Cl)C(=O)O.CO/N=C(\C(=O)C[C@@H]1C(=O)N2C(C(=O)[O-])=C(C[n+]3ccc4c(ccn4Cc4ccc(C(N)=NOC5CCOCC5)cc4F)c3)CS[C@H]12)c1csc(N)n1. The molecule has 14 rings (SSSR count). The number of oxime groups is 4. The Labute approximate surface area is 658 Å². The molecule has 6 aliphatic heterocycles. The van der Waals surface area contributed by atoms with Crippen LogP contribution in [0.4, 0.5) is 19.0 Å². The molecule has 6 aromatic heterocycles. The Bertz CT molecular complexity index is 5260. The van der Waals surface area contributed by atoms with Crippen molar-refractivity contribution in [2.45, 2.75) is 107 Å². The van der Waals surface area contributed by atoms with Crippen LogP contribution in [-0.2, 0) is 83.8 Å². The molecule has 0 bridgehead atoms. The number of nitrogens with zero attached hydrogens (tertiary/aromatic N) is 12. The number of β-lactam (4-membered cyclic amide) rings is 2. The summed E-state index contributed by atoms with van der Waals surface area (Å²) in [5.74, 6) is -8.62. The second-order valence-corrected chi connectivity index (χ2v) is 32.0. The fourth-order valence-corrected chi connectivity index (χ4v) is 17.8. The minimum absolute atomic E-state index is 0.00122. The van der Waals surface area contributed by atoms with Crippen molar-refractivity contribution in [2.75, 3.05) is 56.4 Å². The van der Waals surface area contributed by atoms with Crippen LogP contribution in [0, 0.1) is 23.5 Å². The Kier molecular flexibility index (Phi) is 24.0. The lowest BCUT2D eigenvalue weighted by molar-refractivity contribution is -0.687. The number of nitrogens with one attached hydrogen (secondary N) is 1. The highest BCUT2D eigenvalue weighted by atomic mass is 35.5. The molecular formula is C73H74ClF2N17O15S4. The van der Waals surface area contributed by atoms with Gasteiger partial charge in [-0.15, -0.1) is 34.9 Å². The second kappa shape index (κ2) is 34.0. The number of anilines is 2. The molecule has 0 spiro atoms. The minimum Gasteiger partial charge on any atom is -0.543 e. The van der Waals surface area contributed by atoms with Gasteiger partial charge in [0.1, 0.15) is 52.2 Å². The van der Waals surface area contributed by atoms with E-state index in [0.29, 0.717) is 52.4 Å². The Morgan fingerprint density at radius 2 is 1.30 bits per heavy atom. The highest BCUT2D eigenvalue weighted by Crippen LogP contribution is 2.47. The van der Waals surface area contributed by atoms with Crippen molar-refractivity contribution in [3.63, 3.8) is 0 Å². The summed E-state index contributed by atoms with van der Waals surface area (Å²) in [6, 6.07) is 18.6. The van der Waals surface area contributed by atoms with E-state index in [2.05, 4.69) is 35.9 Å². The number of ether oxygens (including phenoxy) is 1. The van der Waals surface area contributed by atoms with E-state index < -0.39 is 93.2 Å². The second-order valence-electron chi connectivity index (χ2n) is 27.3. The molecule has 10 N–H and O–H groups in total. The fraction of sp³-hybridized carbons (Fsp3) is 0.356. The zero-order valence-electron chi connectivity index (χ0n) is 60.2. The highest BCUT2D eigenvalue weighted by molar-refractivity contribution is 8.00. The zero-order valence-corrected chi connectivity index (χ0v) is 64.2. The van der Waals surface area contributed by atoms with Crippen LogP contribution in [0.25, 0.3) is 21.9 Å². The van der Waals surface area contributed by atoms with Gasteiger partial charge in [0.05, 0.1) is 83.1 Å². The quantitative estimate of drug-likeness (QED) is 0.0134. The summed E-state index contributed by atoms with van der Waals surface area (Å²) in [5.41, 5.74) is 25.9. The van der Waals surface area contributed by atoms with Crippen molar-refractivity contribution in [3.8, 4) is 0 Å². The fourth-order valence-electron chi connectivity index (χ4n) is 13.5. The van der Waals surface area contributed by atoms with E-state index in [-0.39, 0.29) is 105 Å². The van der Waals surface area contributed by atoms with Gasteiger partial charge in [-0.05, 0) is 64.0 Å². The van der Waals surface area contributed by atoms with Crippen LogP contribution in [0.2, 0.25) is 4.34 Å². The third-order valence-corrected chi connectivity index (χ3v) is 24.0. The number of aromatic nitrogens is 6. The lowest BCUT2D eigenvalue weighted by atomic mass is 9.89. The van der Waals surface area contributed by atoms with Crippen LogP contribution in [-0.4, -0.2) is 172 Å². The van der Waals surface area contributed by atoms with Crippen LogP contribution in [0.15, 0.2) is 146 Å². The molecule has 0 radical (unpaired) electrons. The number of pyridine rings is 2. The topological polar surface area (TPSA) is 447 Å². The average molecular weight is 1630 g/mol. The minimum atomic E-state index is -1.82. The number of nitrogen functional groups attached to an aromatic ring is 2. The molecule has 6 aliphatic rings. The van der Waals surface area contributed by atoms with E-state index in [0.717, 1.165) is 88.3 Å². The maximum absolute atomic E-state index is 15.4. The Morgan fingerprint density at radius 3 is 1.85 bits per heavy atom. The maximum atomic E-state index is 15.4. The molecule has 2 aromatic carbocycles. The number of piperidine rings is 1. The number of amidine groups is 2. The predicted octanol–water partition coefficient (Wildman–Crippen LogP) is 3.49. The normalized spacial score (nSPS) is 19.4. The van der Waals surface area contributed by atoms with E-state index in [1.807, 2.05) is 54.9 Å². The highest BCUT2D eigenvalue weighted by Gasteiger charge is 2.55. The van der Waals surface area contributed by atoms with Crippen molar-refractivity contribution in [1.29, 1.82) is 0 Å². The summed E-state index contributed by atoms with van der Waals surface area (Å²) >= 11 is 10.9. The van der Waals surface area contributed by atoms with Gasteiger partial charge < -0.3 is 86.4 Å². The molecule has 39 heteroatoms. The Hall–Kier alpha value is -10.9. The van der Waals surface area contributed by atoms with Crippen LogP contribution < -0.4 is 47.6 Å². The number of thiazole rings is 2. The number of carbonyl (C=O) groups is 7. The number of ketones is 2. The molecule has 4 saturated heterocycles. The van der Waals surface area contributed by atoms with E-state index in [1.54, 1.807) is 54.3 Å². The van der Waals surface area contributed by atoms with Gasteiger partial charge in [-0.3, -0.25) is 29.0 Å². The average Bonchev–Trinajstić information content (AvgIpc) is 0.890. The number of rotatable bonds is 28. The molecule has 0 saturated carbocycles. The van der Waals surface area contributed by atoms with Crippen molar-refractivity contribution >= 4 is 154 Å². The molecular weight excluding hydrogens is 1560 g/mol. The van der Waals surface area contributed by atoms with Crippen LogP contribution in [0.5, 0.6) is 0 Å². The van der Waals surface area contributed by atoms with Crippen molar-refractivity contribution in [3.05, 3.63) is 175 Å². The molecule has 0 aliphatic carbocycles. The van der Waals surface area contributed by atoms with E-state index in [1.165, 1.54) is 61.5 Å². The van der Waals surface area contributed by atoms with E-state index >= 15 is 8.78 Å². The number of Topliss-reactive ketones (excluding diaryl/α,β-unsaturated/α-hetero) is 2. The first-order chi connectivity index (χ1) is 53.7. The number of halogens is 3. The van der Waals surface area contributed by atoms with Crippen molar-refractivity contribution in [2.24, 2.45) is 43.9 Å². The predicted molar refractivity (Wildman–Crippen MR) is 406 cm³/mol. The van der Waals surface area contributed by atoms with Crippen LogP contribution >= 0.6 is 57.8 Å². The third kappa shape index (κ3) is 17.1. The first-order valence-corrected chi connectivity index (χ1v) is 39.3. The molecule has 2 amide bonds. The molecule has 32 nitrogen and oxygen atoms in total. The van der Waals surface area contributed by atoms with Crippen molar-refractivity contribution < 1.29 is 90.9 Å². The number of carboxylic acid groups (broad SMARTS) is 3. The number of carboxylic acids is 3. The molecule has 4 atom stereocenters. The number of hydrogen-bond acceptors (Lipinski definition) is 27. The summed E-state index contributed by atoms with van der Waals surface area (Å²) in [5, 5.41) is 54.8. The number of benzene rings is 2. The number of aliphatic carboxylic acids is 3. The molecule has 8 aromatic rings. The Morgan fingerprint density at radius 1 is 0.732 bits per heavy atom. The van der Waals surface area contributed by atoms with Crippen molar-refractivity contribution in [1.82, 2.24) is 34.2 Å². The largest absolute Gasteiger partial charge is 0.543 e. The molecule has 586 valence electrons. The molecule has 0 unspecified atom stereocenters. The van der Waals surface area contributed by atoms with Gasteiger partial charge in [-0.1, -0.05) is 67.8 Å². The summed E-state index contributed by atoms with van der Waals surface area (Å²) in [6.45, 7) is 6.05. The Balaban J connectivity index is 0.000000197. The summed E-state index contributed by atoms with van der Waals surface area (Å²) < 4.78 is 43.4. The van der Waals surface area contributed by atoms with E-state index in [4.69, 9.17) is 58.6 Å². The smallest absolute Gasteiger partial charge is 0.350 e. The summed E-state index contributed by atoms with van der Waals surface area (Å²) in [6.07, 6.45) is 11.4. The number of hydrogen-bond donors (Lipinski definition) is 6. The molecule has 112 heavy (non-hydrogen) atoms. The van der Waals surface area contributed by atoms with Crippen LogP contribution in [0.1, 0.15) is 86.0 Å². The van der Waals surface area contributed by atoms with Gasteiger partial charge in [0.2, 0.25) is 22.9 Å². The third-order valence-electron chi connectivity index (χ3n) is 19.4. The number of amides is 2. The summed E-state index contributed by atoms with van der Waals surface area (Å²) in [4.78, 5) is 122. The molecule has 4 fully saturated rings.